The molecule has 3 N–H and O–H groups in total. The summed E-state index contributed by atoms with van der Waals surface area (Å²) in [5, 5.41) is 22.6. The van der Waals surface area contributed by atoms with Crippen molar-refractivity contribution >= 4 is 17.9 Å². The molecule has 31 heavy (non-hydrogen) atoms. The van der Waals surface area contributed by atoms with Gasteiger partial charge in [-0.05, 0) is 36.0 Å². The lowest BCUT2D eigenvalue weighted by molar-refractivity contribution is 0.115. The van der Waals surface area contributed by atoms with E-state index >= 15 is 0 Å². The van der Waals surface area contributed by atoms with Crippen LogP contribution in [0.2, 0.25) is 0 Å². The van der Waals surface area contributed by atoms with Crippen molar-refractivity contribution in [1.29, 1.82) is 0 Å². The Morgan fingerprint density at radius 2 is 1.26 bits per heavy atom. The molecule has 4 nitrogen and oxygen atoms in total. The molecule has 0 bridgehead atoms. The van der Waals surface area contributed by atoms with Crippen LogP contribution in [0.1, 0.15) is 36.0 Å². The third-order valence-corrected chi connectivity index (χ3v) is 7.86. The van der Waals surface area contributed by atoms with E-state index < -0.39 is 16.9 Å². The Labute approximate surface area is 187 Å². The van der Waals surface area contributed by atoms with Crippen LogP contribution in [0.15, 0.2) is 91.0 Å². The first-order valence-electron chi connectivity index (χ1n) is 10.6. The van der Waals surface area contributed by atoms with Gasteiger partial charge in [-0.25, -0.2) is 4.79 Å². The predicted molar refractivity (Wildman–Crippen MR) is 125 cm³/mol. The molecule has 1 saturated carbocycles. The van der Waals surface area contributed by atoms with Crippen molar-refractivity contribution in [2.45, 2.75) is 41.4 Å². The quantitative estimate of drug-likeness (QED) is 0.464. The van der Waals surface area contributed by atoms with Gasteiger partial charge in [-0.3, -0.25) is 0 Å². The summed E-state index contributed by atoms with van der Waals surface area (Å²) in [5.41, 5.74) is 3.49. The van der Waals surface area contributed by atoms with Crippen molar-refractivity contribution in [2.24, 2.45) is 0 Å². The molecule has 0 heterocycles. The number of rotatable bonds is 6. The van der Waals surface area contributed by atoms with Gasteiger partial charge < -0.3 is 15.5 Å². The number of amides is 1. The maximum atomic E-state index is 11.0. The van der Waals surface area contributed by atoms with Crippen molar-refractivity contribution in [3.05, 3.63) is 108 Å². The molecule has 3 aromatic carbocycles. The Balaban J connectivity index is 1.77. The average molecular weight is 434 g/mol. The molecule has 1 aliphatic carbocycles. The number of hydrogen-bond donors (Lipinski definition) is 3. The zero-order valence-electron chi connectivity index (χ0n) is 17.2. The summed E-state index contributed by atoms with van der Waals surface area (Å²) in [5.74, 6) is 0. The molecule has 0 radical (unpaired) electrons. The van der Waals surface area contributed by atoms with Crippen LogP contribution in [-0.4, -0.2) is 33.7 Å². The van der Waals surface area contributed by atoms with E-state index in [0.29, 0.717) is 6.42 Å². The highest BCUT2D eigenvalue weighted by molar-refractivity contribution is 8.01. The normalized spacial score (nSPS) is 21.4. The van der Waals surface area contributed by atoms with Gasteiger partial charge in [-0.15, -0.1) is 11.8 Å². The Morgan fingerprint density at radius 1 is 0.806 bits per heavy atom. The molecule has 3 aromatic rings. The third-order valence-electron chi connectivity index (χ3n) is 5.95. The van der Waals surface area contributed by atoms with Gasteiger partial charge >= 0.3 is 6.09 Å². The Morgan fingerprint density at radius 3 is 1.65 bits per heavy atom. The fraction of sp³-hybridized carbons (Fsp3) is 0.269. The van der Waals surface area contributed by atoms with Crippen LogP contribution in [0, 0.1) is 0 Å². The van der Waals surface area contributed by atoms with E-state index in [1.165, 1.54) is 0 Å². The summed E-state index contributed by atoms with van der Waals surface area (Å²) in [6.07, 6.45) is 0.264. The molecule has 1 aliphatic rings. The Kier molecular flexibility index (Phi) is 6.64. The summed E-state index contributed by atoms with van der Waals surface area (Å²) in [6, 6.07) is 31.1. The second-order valence-electron chi connectivity index (χ2n) is 7.96. The fourth-order valence-corrected chi connectivity index (χ4v) is 6.30. The van der Waals surface area contributed by atoms with Gasteiger partial charge in [0.05, 0.1) is 10.9 Å². The van der Waals surface area contributed by atoms with Crippen LogP contribution in [0.5, 0.6) is 0 Å². The summed E-state index contributed by atoms with van der Waals surface area (Å²) < 4.78 is -0.484. The van der Waals surface area contributed by atoms with Gasteiger partial charge in [0.1, 0.15) is 0 Å². The number of hydrogen-bond acceptors (Lipinski definition) is 3. The standard InChI is InChI=1S/C26H27NO3S/c28-23-18-22(27-25(29)30)16-17-24(23)31-26(19-10-4-1-5-11-19,20-12-6-2-7-13-20)21-14-8-3-9-15-21/h1-15,22-24,27-28H,16-18H2,(H,29,30)/t22-,23-,24-/m1/s1. The van der Waals surface area contributed by atoms with E-state index in [-0.39, 0.29) is 11.3 Å². The van der Waals surface area contributed by atoms with E-state index in [2.05, 4.69) is 78.1 Å². The van der Waals surface area contributed by atoms with Gasteiger partial charge in [0.25, 0.3) is 0 Å². The van der Waals surface area contributed by atoms with Crippen LogP contribution < -0.4 is 5.32 Å². The molecule has 3 atom stereocenters. The lowest BCUT2D eigenvalue weighted by Crippen LogP contribution is -2.45. The Bertz CT molecular complexity index is 885. The third kappa shape index (κ3) is 4.63. The number of carboxylic acid groups (broad SMARTS) is 1. The summed E-state index contributed by atoms with van der Waals surface area (Å²) in [6.45, 7) is 0. The molecule has 1 amide bonds. The molecule has 0 spiro atoms. The van der Waals surface area contributed by atoms with E-state index in [4.69, 9.17) is 5.11 Å². The second kappa shape index (κ2) is 9.58. The lowest BCUT2D eigenvalue weighted by Gasteiger charge is -2.42. The number of benzene rings is 3. The van der Waals surface area contributed by atoms with Gasteiger partial charge in [0.2, 0.25) is 0 Å². The number of nitrogens with one attached hydrogen (secondary N) is 1. The fourth-order valence-electron chi connectivity index (χ4n) is 4.51. The van der Waals surface area contributed by atoms with Gasteiger partial charge in [0, 0.05) is 11.3 Å². The number of aliphatic hydroxyl groups is 1. The highest BCUT2D eigenvalue weighted by Crippen LogP contribution is 2.52. The minimum Gasteiger partial charge on any atom is -0.465 e. The summed E-state index contributed by atoms with van der Waals surface area (Å²) in [4.78, 5) is 11.0. The van der Waals surface area contributed by atoms with Crippen molar-refractivity contribution < 1.29 is 15.0 Å². The molecule has 0 aliphatic heterocycles. The highest BCUT2D eigenvalue weighted by Gasteiger charge is 2.42. The summed E-state index contributed by atoms with van der Waals surface area (Å²) >= 11 is 1.78. The van der Waals surface area contributed by atoms with Gasteiger partial charge in [-0.1, -0.05) is 91.0 Å². The van der Waals surface area contributed by atoms with Crippen molar-refractivity contribution in [2.75, 3.05) is 0 Å². The zero-order valence-corrected chi connectivity index (χ0v) is 18.0. The zero-order chi connectivity index (χ0) is 21.7. The van der Waals surface area contributed by atoms with E-state index in [1.807, 2.05) is 18.2 Å². The molecule has 5 heteroatoms. The second-order valence-corrected chi connectivity index (χ2v) is 9.42. The van der Waals surface area contributed by atoms with Gasteiger partial charge in [0.15, 0.2) is 0 Å². The maximum absolute atomic E-state index is 11.0. The number of aliphatic hydroxyl groups excluding tert-OH is 1. The average Bonchev–Trinajstić information content (AvgIpc) is 2.80. The molecule has 160 valence electrons. The van der Waals surface area contributed by atoms with Crippen LogP contribution >= 0.6 is 11.8 Å². The molecule has 0 unspecified atom stereocenters. The number of carbonyl (C=O) groups is 1. The molecule has 0 aromatic heterocycles. The maximum Gasteiger partial charge on any atom is 0.404 e. The highest BCUT2D eigenvalue weighted by atomic mass is 32.2. The van der Waals surface area contributed by atoms with Gasteiger partial charge in [-0.2, -0.15) is 0 Å². The minimum atomic E-state index is -1.03. The first kappa shape index (κ1) is 21.5. The van der Waals surface area contributed by atoms with Crippen molar-refractivity contribution in [3.8, 4) is 0 Å². The number of thioether (sulfide) groups is 1. The smallest absolute Gasteiger partial charge is 0.404 e. The largest absolute Gasteiger partial charge is 0.465 e. The lowest BCUT2D eigenvalue weighted by atomic mass is 9.84. The molecule has 4 rings (SSSR count). The topological polar surface area (TPSA) is 69.6 Å². The molecular formula is C26H27NO3S. The first-order valence-corrected chi connectivity index (χ1v) is 11.5. The molecular weight excluding hydrogens is 406 g/mol. The minimum absolute atomic E-state index is 0.0209. The van der Waals surface area contributed by atoms with Crippen LogP contribution in [0.3, 0.4) is 0 Å². The van der Waals surface area contributed by atoms with Crippen LogP contribution in [0.4, 0.5) is 4.79 Å². The summed E-state index contributed by atoms with van der Waals surface area (Å²) in [7, 11) is 0. The monoisotopic (exact) mass is 433 g/mol. The molecule has 1 fully saturated rings. The van der Waals surface area contributed by atoms with Crippen molar-refractivity contribution in [1.82, 2.24) is 5.32 Å². The predicted octanol–water partition coefficient (Wildman–Crippen LogP) is 5.26. The van der Waals surface area contributed by atoms with E-state index in [1.54, 1.807) is 11.8 Å². The van der Waals surface area contributed by atoms with Crippen LogP contribution in [0.25, 0.3) is 0 Å². The van der Waals surface area contributed by atoms with E-state index in [9.17, 15) is 9.90 Å². The van der Waals surface area contributed by atoms with E-state index in [0.717, 1.165) is 29.5 Å². The first-order chi connectivity index (χ1) is 15.1. The Hall–Kier alpha value is -2.76. The molecule has 0 saturated heterocycles. The van der Waals surface area contributed by atoms with Crippen LogP contribution in [-0.2, 0) is 4.75 Å². The SMILES string of the molecule is O=C(O)N[C@@H]1CC[C@@H](SC(c2ccccc2)(c2ccccc2)c2ccccc2)[C@H](O)C1. The van der Waals surface area contributed by atoms with Crippen molar-refractivity contribution in [3.63, 3.8) is 0 Å².